The summed E-state index contributed by atoms with van der Waals surface area (Å²) in [6.45, 7) is 21.0. The monoisotopic (exact) mass is 360 g/mol. The first-order valence-electron chi connectivity index (χ1n) is 8.64. The minimum atomic E-state index is -1.66. The molecule has 1 aromatic rings. The zero-order valence-electron chi connectivity index (χ0n) is 16.3. The highest BCUT2D eigenvalue weighted by Crippen LogP contribution is 2.40. The van der Waals surface area contributed by atoms with E-state index in [1.165, 1.54) is 0 Å². The van der Waals surface area contributed by atoms with Crippen LogP contribution in [0.4, 0.5) is 0 Å². The highest BCUT2D eigenvalue weighted by Gasteiger charge is 2.41. The Labute approximate surface area is 150 Å². The molecule has 3 heteroatoms. The molecule has 0 aliphatic heterocycles. The molecule has 0 aliphatic carbocycles. The summed E-state index contributed by atoms with van der Waals surface area (Å²) in [5, 5.41) is 2.13. The van der Waals surface area contributed by atoms with Crippen molar-refractivity contribution in [2.24, 2.45) is 0 Å². The number of hydrogen-bond acceptors (Lipinski definition) is 1. The van der Waals surface area contributed by atoms with Crippen molar-refractivity contribution in [1.82, 2.24) is 0 Å². The maximum absolute atomic E-state index is 3.81. The van der Waals surface area contributed by atoms with Crippen LogP contribution in [0.2, 0.25) is 36.3 Å². The van der Waals surface area contributed by atoms with Gasteiger partial charge in [-0.05, 0) is 28.1 Å². The summed E-state index contributed by atoms with van der Waals surface area (Å²) >= 11 is 1.74. The van der Waals surface area contributed by atoms with E-state index >= 15 is 0 Å². The molecule has 126 valence electrons. The first kappa shape index (κ1) is 20.3. The van der Waals surface area contributed by atoms with E-state index < -0.39 is 16.1 Å². The summed E-state index contributed by atoms with van der Waals surface area (Å²) in [5.41, 5.74) is 10.4. The fraction of sp³-hybridized carbons (Fsp3) is 0.600. The summed E-state index contributed by atoms with van der Waals surface area (Å²) in [7, 11) is -3.01. The minimum Gasteiger partial charge on any atom is -0.134 e. The van der Waals surface area contributed by atoms with Crippen LogP contribution in [0.5, 0.6) is 0 Å². The van der Waals surface area contributed by atoms with Crippen LogP contribution >= 0.6 is 11.3 Å². The maximum Gasteiger partial charge on any atom is 0.146 e. The maximum atomic E-state index is 3.81. The Hall–Kier alpha value is -0.746. The third-order valence-corrected chi connectivity index (χ3v) is 12.5. The van der Waals surface area contributed by atoms with E-state index in [0.29, 0.717) is 16.6 Å². The second kappa shape index (κ2) is 7.88. The average molecular weight is 361 g/mol. The largest absolute Gasteiger partial charge is 0.146 e. The summed E-state index contributed by atoms with van der Waals surface area (Å²) in [6.07, 6.45) is 0. The van der Waals surface area contributed by atoms with Gasteiger partial charge in [0, 0.05) is 0 Å². The van der Waals surface area contributed by atoms with Crippen LogP contribution in [0.15, 0.2) is 11.4 Å². The lowest BCUT2D eigenvalue weighted by Crippen LogP contribution is -2.43. The summed E-state index contributed by atoms with van der Waals surface area (Å²) in [5.74, 6) is 6.95. The Kier molecular flexibility index (Phi) is 6.96. The molecule has 1 aromatic heterocycles. The van der Waals surface area contributed by atoms with Gasteiger partial charge in [-0.1, -0.05) is 73.0 Å². The highest BCUT2D eigenvalue weighted by molar-refractivity contribution is 7.10. The number of thiophene rings is 1. The summed E-state index contributed by atoms with van der Waals surface area (Å²) in [4.78, 5) is 1.16. The molecule has 0 aromatic carbocycles. The smallest absolute Gasteiger partial charge is 0.134 e. The van der Waals surface area contributed by atoms with Crippen LogP contribution in [0.1, 0.15) is 52.0 Å². The first-order chi connectivity index (χ1) is 10.5. The molecular weight excluding hydrogens is 328 g/mol. The van der Waals surface area contributed by atoms with Crippen molar-refractivity contribution >= 4 is 27.5 Å². The van der Waals surface area contributed by atoms with Gasteiger partial charge < -0.3 is 0 Å². The average Bonchev–Trinajstić information content (AvgIpc) is 2.82. The Morgan fingerprint density at radius 3 is 1.78 bits per heavy atom. The summed E-state index contributed by atoms with van der Waals surface area (Å²) in [6, 6.07) is 2.13. The van der Waals surface area contributed by atoms with Gasteiger partial charge in [0.2, 0.25) is 0 Å². The van der Waals surface area contributed by atoms with E-state index in [1.807, 2.05) is 0 Å². The van der Waals surface area contributed by atoms with Crippen molar-refractivity contribution in [3.63, 3.8) is 0 Å². The SMILES string of the molecule is CC(C)[Si](C#Cc1sccc1C#C[Si](C)(C)C)(C(C)C)C(C)C. The van der Waals surface area contributed by atoms with E-state index in [4.69, 9.17) is 0 Å². The minimum absolute atomic E-state index is 0.673. The molecular formula is C20H32SSi2. The van der Waals surface area contributed by atoms with Gasteiger partial charge in [0.1, 0.15) is 16.1 Å². The molecule has 0 bridgehead atoms. The standard InChI is InChI=1S/C20H32SSi2/c1-16(2)23(17(3)4,18(5)6)15-12-20-19(10-13-21-20)11-14-22(7,8)9/h10,13,16-18H,1-9H3. The zero-order chi connectivity index (χ0) is 17.8. The normalized spacial score (nSPS) is 12.2. The quantitative estimate of drug-likeness (QED) is 0.423. The fourth-order valence-corrected chi connectivity index (χ4v) is 9.86. The van der Waals surface area contributed by atoms with Crippen molar-refractivity contribution in [3.05, 3.63) is 21.9 Å². The van der Waals surface area contributed by atoms with Gasteiger partial charge in [-0.2, -0.15) is 0 Å². The predicted octanol–water partition coefficient (Wildman–Crippen LogP) is 6.55. The lowest BCUT2D eigenvalue weighted by Gasteiger charge is -2.38. The molecule has 0 atom stereocenters. The molecule has 1 heterocycles. The van der Waals surface area contributed by atoms with Gasteiger partial charge in [-0.25, -0.2) is 0 Å². The van der Waals surface area contributed by atoms with Crippen LogP contribution < -0.4 is 0 Å². The Balaban J connectivity index is 3.30. The van der Waals surface area contributed by atoms with E-state index in [-0.39, 0.29) is 0 Å². The Morgan fingerprint density at radius 1 is 0.826 bits per heavy atom. The highest BCUT2D eigenvalue weighted by atomic mass is 32.1. The molecule has 0 radical (unpaired) electrons. The molecule has 0 spiro atoms. The fourth-order valence-electron chi connectivity index (χ4n) is 3.36. The molecule has 0 saturated carbocycles. The molecule has 0 nitrogen and oxygen atoms in total. The van der Waals surface area contributed by atoms with Crippen LogP contribution in [0, 0.1) is 22.9 Å². The van der Waals surface area contributed by atoms with Gasteiger partial charge in [0.25, 0.3) is 0 Å². The Morgan fingerprint density at radius 2 is 1.35 bits per heavy atom. The Bertz CT molecular complexity index is 615. The number of rotatable bonds is 3. The molecule has 0 unspecified atom stereocenters. The molecule has 0 N–H and O–H groups in total. The van der Waals surface area contributed by atoms with Crippen molar-refractivity contribution in [2.45, 2.75) is 77.8 Å². The van der Waals surface area contributed by atoms with Crippen molar-refractivity contribution in [2.75, 3.05) is 0 Å². The molecule has 0 amide bonds. The second-order valence-corrected chi connectivity index (χ2v) is 19.6. The predicted molar refractivity (Wildman–Crippen MR) is 112 cm³/mol. The lowest BCUT2D eigenvalue weighted by atomic mass is 10.3. The molecule has 0 aliphatic rings. The second-order valence-electron chi connectivity index (χ2n) is 8.31. The molecule has 0 saturated heterocycles. The van der Waals surface area contributed by atoms with Crippen LogP contribution in [0.3, 0.4) is 0 Å². The first-order valence-corrected chi connectivity index (χ1v) is 15.3. The lowest BCUT2D eigenvalue weighted by molar-refractivity contribution is 0.838. The van der Waals surface area contributed by atoms with Crippen molar-refractivity contribution < 1.29 is 0 Å². The van der Waals surface area contributed by atoms with E-state index in [0.717, 1.165) is 10.4 Å². The van der Waals surface area contributed by atoms with Gasteiger partial charge in [-0.15, -0.1) is 22.4 Å². The molecule has 23 heavy (non-hydrogen) atoms. The van der Waals surface area contributed by atoms with Gasteiger partial charge in [0.05, 0.1) is 10.4 Å². The topological polar surface area (TPSA) is 0 Å². The molecule has 1 rings (SSSR count). The third-order valence-electron chi connectivity index (χ3n) is 4.50. The zero-order valence-corrected chi connectivity index (χ0v) is 19.1. The van der Waals surface area contributed by atoms with Gasteiger partial charge >= 0.3 is 0 Å². The van der Waals surface area contributed by atoms with Crippen LogP contribution in [-0.2, 0) is 0 Å². The van der Waals surface area contributed by atoms with Crippen molar-refractivity contribution in [1.29, 1.82) is 0 Å². The summed E-state index contributed by atoms with van der Waals surface area (Å²) < 4.78 is 0. The third kappa shape index (κ3) is 5.11. The van der Waals surface area contributed by atoms with Crippen molar-refractivity contribution in [3.8, 4) is 22.9 Å². The number of hydrogen-bond donors (Lipinski definition) is 0. The van der Waals surface area contributed by atoms with E-state index in [9.17, 15) is 0 Å². The van der Waals surface area contributed by atoms with Gasteiger partial charge in [0.15, 0.2) is 0 Å². The van der Waals surface area contributed by atoms with Crippen LogP contribution in [-0.4, -0.2) is 16.1 Å². The van der Waals surface area contributed by atoms with Crippen LogP contribution in [0.25, 0.3) is 0 Å². The molecule has 0 fully saturated rings. The van der Waals surface area contributed by atoms with Gasteiger partial charge in [-0.3, -0.25) is 0 Å². The van der Waals surface area contributed by atoms with E-state index in [1.54, 1.807) is 11.3 Å². The van der Waals surface area contributed by atoms with E-state index in [2.05, 4.69) is 95.6 Å².